The Labute approximate surface area is 155 Å². The lowest BCUT2D eigenvalue weighted by molar-refractivity contribution is 0.0930. The molecule has 0 aliphatic carbocycles. The molecule has 1 saturated heterocycles. The predicted molar refractivity (Wildman–Crippen MR) is 99.5 cm³/mol. The Morgan fingerprint density at radius 1 is 1.16 bits per heavy atom. The standard InChI is InChI=1S/C17H26ClN3O3S/c1-12(2)13(3)19-17(22)15-11-14(5-6-16(15)18)25(23,24)21-9-7-20(4)8-10-21/h5-6,11-13H,7-10H2,1-4H3,(H,19,22)/t13-/m1/s1. The first-order valence-electron chi connectivity index (χ1n) is 8.42. The molecule has 0 spiro atoms. The Balaban J connectivity index is 2.27. The van der Waals surface area contributed by atoms with Gasteiger partial charge in [-0.25, -0.2) is 8.42 Å². The topological polar surface area (TPSA) is 69.7 Å². The fraction of sp³-hybridized carbons (Fsp3) is 0.588. The van der Waals surface area contributed by atoms with E-state index in [2.05, 4.69) is 10.2 Å². The van der Waals surface area contributed by atoms with Gasteiger partial charge in [-0.15, -0.1) is 0 Å². The molecule has 1 heterocycles. The average Bonchev–Trinajstić information content (AvgIpc) is 2.55. The fourth-order valence-electron chi connectivity index (χ4n) is 2.47. The van der Waals surface area contributed by atoms with E-state index < -0.39 is 10.0 Å². The molecule has 1 fully saturated rings. The minimum Gasteiger partial charge on any atom is -0.349 e. The van der Waals surface area contributed by atoms with Gasteiger partial charge in [0.15, 0.2) is 0 Å². The van der Waals surface area contributed by atoms with Crippen LogP contribution in [0.1, 0.15) is 31.1 Å². The van der Waals surface area contributed by atoms with Crippen LogP contribution in [-0.4, -0.2) is 62.8 Å². The molecule has 2 rings (SSSR count). The molecule has 1 N–H and O–H groups in total. The number of piperazine rings is 1. The molecule has 0 bridgehead atoms. The molecule has 140 valence electrons. The van der Waals surface area contributed by atoms with Gasteiger partial charge >= 0.3 is 0 Å². The Bertz CT molecular complexity index is 729. The second-order valence-electron chi connectivity index (χ2n) is 6.86. The third-order valence-corrected chi connectivity index (χ3v) is 6.87. The van der Waals surface area contributed by atoms with Gasteiger partial charge in [0.2, 0.25) is 10.0 Å². The van der Waals surface area contributed by atoms with Crippen molar-refractivity contribution in [2.75, 3.05) is 33.2 Å². The number of hydrogen-bond donors (Lipinski definition) is 1. The summed E-state index contributed by atoms with van der Waals surface area (Å²) in [5, 5.41) is 3.10. The molecular formula is C17H26ClN3O3S. The van der Waals surface area contributed by atoms with E-state index in [-0.39, 0.29) is 33.3 Å². The Morgan fingerprint density at radius 2 is 1.76 bits per heavy atom. The van der Waals surface area contributed by atoms with Crippen LogP contribution >= 0.6 is 11.6 Å². The van der Waals surface area contributed by atoms with E-state index in [9.17, 15) is 13.2 Å². The summed E-state index contributed by atoms with van der Waals surface area (Å²) in [4.78, 5) is 14.7. The highest BCUT2D eigenvalue weighted by Gasteiger charge is 2.28. The number of amides is 1. The first-order valence-corrected chi connectivity index (χ1v) is 10.2. The number of nitrogens with zero attached hydrogens (tertiary/aromatic N) is 2. The number of benzene rings is 1. The lowest BCUT2D eigenvalue weighted by Crippen LogP contribution is -2.47. The number of likely N-dealkylation sites (N-methyl/N-ethyl adjacent to an activating group) is 1. The van der Waals surface area contributed by atoms with Crippen molar-refractivity contribution < 1.29 is 13.2 Å². The minimum absolute atomic E-state index is 0.0403. The first kappa shape index (κ1) is 20.2. The van der Waals surface area contributed by atoms with E-state index in [1.54, 1.807) is 0 Å². The lowest BCUT2D eigenvalue weighted by atomic mass is 10.1. The number of hydrogen-bond acceptors (Lipinski definition) is 4. The van der Waals surface area contributed by atoms with Crippen LogP contribution in [0.25, 0.3) is 0 Å². The van der Waals surface area contributed by atoms with Gasteiger partial charge in [-0.05, 0) is 38.1 Å². The van der Waals surface area contributed by atoms with Crippen molar-refractivity contribution in [3.63, 3.8) is 0 Å². The van der Waals surface area contributed by atoms with Gasteiger partial charge in [0.05, 0.1) is 15.5 Å². The molecule has 6 nitrogen and oxygen atoms in total. The number of halogens is 1. The van der Waals surface area contributed by atoms with Gasteiger partial charge < -0.3 is 10.2 Å². The van der Waals surface area contributed by atoms with E-state index >= 15 is 0 Å². The molecule has 1 aliphatic rings. The van der Waals surface area contributed by atoms with Crippen molar-refractivity contribution in [1.82, 2.24) is 14.5 Å². The molecule has 1 aromatic rings. The molecule has 1 atom stereocenters. The summed E-state index contributed by atoms with van der Waals surface area (Å²) in [5.41, 5.74) is 0.185. The third kappa shape index (κ3) is 4.73. The van der Waals surface area contributed by atoms with Crippen molar-refractivity contribution in [2.45, 2.75) is 31.7 Å². The van der Waals surface area contributed by atoms with Crippen LogP contribution in [0.2, 0.25) is 5.02 Å². The summed E-state index contributed by atoms with van der Waals surface area (Å²) in [6.45, 7) is 8.15. The smallest absolute Gasteiger partial charge is 0.253 e. The van der Waals surface area contributed by atoms with Gasteiger partial charge in [0, 0.05) is 32.2 Å². The van der Waals surface area contributed by atoms with Crippen LogP contribution in [0, 0.1) is 5.92 Å². The molecule has 1 aromatic carbocycles. The summed E-state index contributed by atoms with van der Waals surface area (Å²) in [6.07, 6.45) is 0. The van der Waals surface area contributed by atoms with Gasteiger partial charge in [-0.3, -0.25) is 4.79 Å². The number of carbonyl (C=O) groups excluding carboxylic acids is 1. The maximum Gasteiger partial charge on any atom is 0.253 e. The second kappa shape index (κ2) is 8.03. The Hall–Kier alpha value is -1.15. The summed E-state index contributed by atoms with van der Waals surface area (Å²) in [6, 6.07) is 4.26. The molecule has 25 heavy (non-hydrogen) atoms. The second-order valence-corrected chi connectivity index (χ2v) is 9.20. The maximum absolute atomic E-state index is 12.8. The number of sulfonamides is 1. The van der Waals surface area contributed by atoms with E-state index in [4.69, 9.17) is 11.6 Å². The van der Waals surface area contributed by atoms with E-state index in [0.717, 1.165) is 0 Å². The van der Waals surface area contributed by atoms with Crippen molar-refractivity contribution in [3.05, 3.63) is 28.8 Å². The zero-order valence-electron chi connectivity index (χ0n) is 15.1. The molecule has 1 aliphatic heterocycles. The SMILES string of the molecule is CC(C)[C@@H](C)NC(=O)c1cc(S(=O)(=O)N2CCN(C)CC2)ccc1Cl. The fourth-order valence-corrected chi connectivity index (χ4v) is 4.12. The Kier molecular flexibility index (Phi) is 6.48. The molecule has 0 unspecified atom stereocenters. The van der Waals surface area contributed by atoms with Crippen LogP contribution in [0.4, 0.5) is 0 Å². The predicted octanol–water partition coefficient (Wildman–Crippen LogP) is 2.05. The zero-order chi connectivity index (χ0) is 18.8. The molecule has 0 radical (unpaired) electrons. The van der Waals surface area contributed by atoms with Crippen molar-refractivity contribution in [3.8, 4) is 0 Å². The number of nitrogens with one attached hydrogen (secondary N) is 1. The van der Waals surface area contributed by atoms with Crippen LogP contribution in [0.15, 0.2) is 23.1 Å². The highest BCUT2D eigenvalue weighted by Crippen LogP contribution is 2.24. The summed E-state index contributed by atoms with van der Waals surface area (Å²) in [7, 11) is -1.67. The normalized spacial score (nSPS) is 18.3. The van der Waals surface area contributed by atoms with Crippen LogP contribution in [0.3, 0.4) is 0 Å². The zero-order valence-corrected chi connectivity index (χ0v) is 16.7. The van der Waals surface area contributed by atoms with Crippen molar-refractivity contribution >= 4 is 27.5 Å². The van der Waals surface area contributed by atoms with Gasteiger partial charge in [-0.1, -0.05) is 25.4 Å². The van der Waals surface area contributed by atoms with Crippen molar-refractivity contribution in [1.29, 1.82) is 0 Å². The third-order valence-electron chi connectivity index (χ3n) is 4.64. The minimum atomic E-state index is -3.64. The molecular weight excluding hydrogens is 362 g/mol. The molecule has 8 heteroatoms. The highest BCUT2D eigenvalue weighted by atomic mass is 35.5. The number of rotatable bonds is 5. The lowest BCUT2D eigenvalue weighted by Gasteiger charge is -2.31. The summed E-state index contributed by atoms with van der Waals surface area (Å²) < 4.78 is 27.1. The van der Waals surface area contributed by atoms with Gasteiger partial charge in [0.1, 0.15) is 0 Å². The highest BCUT2D eigenvalue weighted by molar-refractivity contribution is 7.89. The molecule has 0 saturated carbocycles. The van der Waals surface area contributed by atoms with Crippen molar-refractivity contribution in [2.24, 2.45) is 5.92 Å². The van der Waals surface area contributed by atoms with Crippen LogP contribution < -0.4 is 5.32 Å². The maximum atomic E-state index is 12.8. The van der Waals surface area contributed by atoms with Crippen LogP contribution in [-0.2, 0) is 10.0 Å². The first-order chi connectivity index (χ1) is 11.6. The van der Waals surface area contributed by atoms with E-state index in [1.165, 1.54) is 22.5 Å². The largest absolute Gasteiger partial charge is 0.349 e. The molecule has 0 aromatic heterocycles. The quantitative estimate of drug-likeness (QED) is 0.839. The number of carbonyl (C=O) groups is 1. The summed E-state index contributed by atoms with van der Waals surface area (Å²) >= 11 is 6.13. The van der Waals surface area contributed by atoms with Gasteiger partial charge in [-0.2, -0.15) is 4.31 Å². The molecule has 1 amide bonds. The Morgan fingerprint density at radius 3 is 2.32 bits per heavy atom. The van der Waals surface area contributed by atoms with E-state index in [1.807, 2.05) is 27.8 Å². The summed E-state index contributed by atoms with van der Waals surface area (Å²) in [5.74, 6) is -0.0957. The monoisotopic (exact) mass is 387 g/mol. The van der Waals surface area contributed by atoms with E-state index in [0.29, 0.717) is 26.2 Å². The van der Waals surface area contributed by atoms with Gasteiger partial charge in [0.25, 0.3) is 5.91 Å². The van der Waals surface area contributed by atoms with Crippen LogP contribution in [0.5, 0.6) is 0 Å². The average molecular weight is 388 g/mol.